The maximum Gasteiger partial charge on any atom is 0.254 e. The molecule has 0 radical (unpaired) electrons. The van der Waals surface area contributed by atoms with Crippen LogP contribution in [0.3, 0.4) is 0 Å². The summed E-state index contributed by atoms with van der Waals surface area (Å²) in [5.74, 6) is 0.0488. The Morgan fingerprint density at radius 2 is 1.93 bits per heavy atom. The first-order chi connectivity index (χ1) is 14.1. The number of nitrogens with zero attached hydrogens (tertiary/aromatic N) is 6. The highest BCUT2D eigenvalue weighted by molar-refractivity contribution is 5.97. The summed E-state index contributed by atoms with van der Waals surface area (Å²) in [6.07, 6.45) is 8.49. The standard InChI is InChI=1S/C19H19N9O/c1-27-11-13(8-23-27)7-21-18-16(17(20)29)10-22-19(26-18)25-14-9-24-28(12-14)15-5-3-2-4-6-15/h2-6,8-12H,7H2,1H3,(H2,20,29)(H2,21,22,25,26). The second-order valence-electron chi connectivity index (χ2n) is 6.33. The molecule has 3 aromatic heterocycles. The van der Waals surface area contributed by atoms with Gasteiger partial charge in [0, 0.05) is 31.5 Å². The number of amides is 1. The van der Waals surface area contributed by atoms with Gasteiger partial charge < -0.3 is 16.4 Å². The Balaban J connectivity index is 1.53. The molecule has 4 rings (SSSR count). The normalized spacial score (nSPS) is 10.7. The summed E-state index contributed by atoms with van der Waals surface area (Å²) >= 11 is 0. The molecule has 0 atom stereocenters. The van der Waals surface area contributed by atoms with Crippen molar-refractivity contribution in [2.75, 3.05) is 10.6 Å². The summed E-state index contributed by atoms with van der Waals surface area (Å²) in [6, 6.07) is 9.73. The third-order valence-electron chi connectivity index (χ3n) is 4.13. The van der Waals surface area contributed by atoms with Crippen molar-refractivity contribution >= 4 is 23.4 Å². The number of rotatable bonds is 7. The van der Waals surface area contributed by atoms with Crippen LogP contribution in [0, 0.1) is 0 Å². The van der Waals surface area contributed by atoms with E-state index in [1.54, 1.807) is 21.8 Å². The largest absolute Gasteiger partial charge is 0.365 e. The summed E-state index contributed by atoms with van der Waals surface area (Å²) in [7, 11) is 1.83. The molecular weight excluding hydrogens is 370 g/mol. The minimum atomic E-state index is -0.609. The maximum atomic E-state index is 11.7. The lowest BCUT2D eigenvalue weighted by Crippen LogP contribution is -2.17. The second-order valence-corrected chi connectivity index (χ2v) is 6.33. The van der Waals surface area contributed by atoms with Crippen LogP contribution in [0.25, 0.3) is 5.69 Å². The van der Waals surface area contributed by atoms with Crippen LogP contribution in [0.1, 0.15) is 15.9 Å². The number of carbonyl (C=O) groups excluding carboxylic acids is 1. The van der Waals surface area contributed by atoms with Crippen molar-refractivity contribution in [1.82, 2.24) is 29.5 Å². The number of benzene rings is 1. The molecule has 0 saturated heterocycles. The van der Waals surface area contributed by atoms with E-state index < -0.39 is 5.91 Å². The Kier molecular flexibility index (Phi) is 4.89. The third-order valence-corrected chi connectivity index (χ3v) is 4.13. The van der Waals surface area contributed by atoms with Gasteiger partial charge in [-0.1, -0.05) is 18.2 Å². The lowest BCUT2D eigenvalue weighted by Gasteiger charge is -2.10. The SMILES string of the molecule is Cn1cc(CNc2nc(Nc3cnn(-c4ccccc4)c3)ncc2C(N)=O)cn1. The molecule has 1 amide bonds. The molecule has 3 heterocycles. The van der Waals surface area contributed by atoms with Crippen LogP contribution < -0.4 is 16.4 Å². The smallest absolute Gasteiger partial charge is 0.254 e. The van der Waals surface area contributed by atoms with Crippen molar-refractivity contribution in [3.63, 3.8) is 0 Å². The lowest BCUT2D eigenvalue weighted by atomic mass is 10.3. The molecule has 0 aliphatic rings. The third kappa shape index (κ3) is 4.21. The fraction of sp³-hybridized carbons (Fsp3) is 0.105. The van der Waals surface area contributed by atoms with Gasteiger partial charge in [0.05, 0.1) is 35.5 Å². The Hall–Kier alpha value is -4.21. The van der Waals surface area contributed by atoms with Crippen LogP contribution in [0.15, 0.2) is 61.3 Å². The predicted octanol–water partition coefficient (Wildman–Crippen LogP) is 1.85. The van der Waals surface area contributed by atoms with Gasteiger partial charge in [-0.2, -0.15) is 15.2 Å². The van der Waals surface area contributed by atoms with E-state index in [1.807, 2.05) is 49.8 Å². The summed E-state index contributed by atoms with van der Waals surface area (Å²) in [6.45, 7) is 0.441. The number of carbonyl (C=O) groups is 1. The number of nitrogens with one attached hydrogen (secondary N) is 2. The van der Waals surface area contributed by atoms with Crippen molar-refractivity contribution in [2.24, 2.45) is 12.8 Å². The van der Waals surface area contributed by atoms with Crippen LogP contribution in [-0.4, -0.2) is 35.4 Å². The predicted molar refractivity (Wildman–Crippen MR) is 108 cm³/mol. The summed E-state index contributed by atoms with van der Waals surface area (Å²) < 4.78 is 3.44. The van der Waals surface area contributed by atoms with Crippen LogP contribution in [-0.2, 0) is 13.6 Å². The number of nitrogens with two attached hydrogens (primary N) is 1. The van der Waals surface area contributed by atoms with Gasteiger partial charge in [0.25, 0.3) is 5.91 Å². The highest BCUT2D eigenvalue weighted by Crippen LogP contribution is 2.19. The van der Waals surface area contributed by atoms with E-state index >= 15 is 0 Å². The lowest BCUT2D eigenvalue weighted by molar-refractivity contribution is 0.100. The molecule has 4 N–H and O–H groups in total. The molecule has 29 heavy (non-hydrogen) atoms. The number of anilines is 3. The fourth-order valence-electron chi connectivity index (χ4n) is 2.74. The highest BCUT2D eigenvalue weighted by atomic mass is 16.1. The van der Waals surface area contributed by atoms with E-state index in [2.05, 4.69) is 30.8 Å². The number of aryl methyl sites for hydroxylation is 1. The topological polar surface area (TPSA) is 129 Å². The molecule has 0 bridgehead atoms. The average molecular weight is 389 g/mol. The van der Waals surface area contributed by atoms with Gasteiger partial charge in [-0.25, -0.2) is 9.67 Å². The van der Waals surface area contributed by atoms with Gasteiger partial charge >= 0.3 is 0 Å². The Labute approximate surface area is 166 Å². The molecule has 0 saturated carbocycles. The van der Waals surface area contributed by atoms with Gasteiger partial charge in [0.1, 0.15) is 5.82 Å². The van der Waals surface area contributed by atoms with Crippen LogP contribution >= 0.6 is 0 Å². The zero-order chi connectivity index (χ0) is 20.2. The Morgan fingerprint density at radius 1 is 1.10 bits per heavy atom. The van der Waals surface area contributed by atoms with Crippen LogP contribution in [0.4, 0.5) is 17.5 Å². The van der Waals surface area contributed by atoms with Gasteiger partial charge in [0.15, 0.2) is 0 Å². The Morgan fingerprint density at radius 3 is 2.66 bits per heavy atom. The maximum absolute atomic E-state index is 11.7. The molecule has 0 spiro atoms. The zero-order valence-electron chi connectivity index (χ0n) is 15.6. The van der Waals surface area contributed by atoms with E-state index in [0.29, 0.717) is 24.0 Å². The van der Waals surface area contributed by atoms with Crippen LogP contribution in [0.5, 0.6) is 0 Å². The van der Waals surface area contributed by atoms with E-state index in [-0.39, 0.29) is 5.56 Å². The number of hydrogen-bond donors (Lipinski definition) is 3. The van der Waals surface area contributed by atoms with Gasteiger partial charge in [-0.15, -0.1) is 0 Å². The average Bonchev–Trinajstić information content (AvgIpc) is 3.36. The monoisotopic (exact) mass is 389 g/mol. The van der Waals surface area contributed by atoms with Crippen molar-refractivity contribution in [3.05, 3.63) is 72.4 Å². The molecule has 4 aromatic rings. The highest BCUT2D eigenvalue weighted by Gasteiger charge is 2.13. The molecule has 0 fully saturated rings. The van der Waals surface area contributed by atoms with Crippen molar-refractivity contribution in [1.29, 1.82) is 0 Å². The van der Waals surface area contributed by atoms with E-state index in [9.17, 15) is 4.79 Å². The van der Waals surface area contributed by atoms with E-state index in [4.69, 9.17) is 5.73 Å². The van der Waals surface area contributed by atoms with E-state index in [0.717, 1.165) is 11.3 Å². The number of primary amides is 1. The quantitative estimate of drug-likeness (QED) is 0.440. The number of para-hydroxylation sites is 1. The minimum Gasteiger partial charge on any atom is -0.365 e. The first kappa shape index (κ1) is 18.2. The van der Waals surface area contributed by atoms with Gasteiger partial charge in [-0.3, -0.25) is 9.48 Å². The molecule has 1 aromatic carbocycles. The molecular formula is C19H19N9O. The first-order valence-corrected chi connectivity index (χ1v) is 8.84. The van der Waals surface area contributed by atoms with Crippen molar-refractivity contribution in [2.45, 2.75) is 6.54 Å². The fourth-order valence-corrected chi connectivity index (χ4v) is 2.74. The zero-order valence-corrected chi connectivity index (χ0v) is 15.6. The minimum absolute atomic E-state index is 0.208. The van der Waals surface area contributed by atoms with Gasteiger partial charge in [-0.05, 0) is 12.1 Å². The van der Waals surface area contributed by atoms with Gasteiger partial charge in [0.2, 0.25) is 5.95 Å². The second kappa shape index (κ2) is 7.80. The summed E-state index contributed by atoms with van der Waals surface area (Å²) in [5, 5.41) is 14.7. The Bertz CT molecular complexity index is 1130. The number of hydrogen-bond acceptors (Lipinski definition) is 7. The van der Waals surface area contributed by atoms with E-state index in [1.165, 1.54) is 6.20 Å². The molecule has 10 heteroatoms. The number of aromatic nitrogens is 6. The van der Waals surface area contributed by atoms with Crippen LogP contribution in [0.2, 0.25) is 0 Å². The van der Waals surface area contributed by atoms with Crippen molar-refractivity contribution < 1.29 is 4.79 Å². The molecule has 0 aliphatic carbocycles. The van der Waals surface area contributed by atoms with Crippen molar-refractivity contribution in [3.8, 4) is 5.69 Å². The summed E-state index contributed by atoms with van der Waals surface area (Å²) in [4.78, 5) is 20.3. The molecule has 10 nitrogen and oxygen atoms in total. The molecule has 0 unspecified atom stereocenters. The first-order valence-electron chi connectivity index (χ1n) is 8.84. The molecule has 146 valence electrons. The summed E-state index contributed by atoms with van der Waals surface area (Å²) in [5.41, 5.74) is 8.24. The molecule has 0 aliphatic heterocycles.